The second-order valence-electron chi connectivity index (χ2n) is 3.16. The van der Waals surface area contributed by atoms with E-state index < -0.39 is 5.91 Å². The maximum Gasteiger partial charge on any atom is 0.250 e. The summed E-state index contributed by atoms with van der Waals surface area (Å²) >= 11 is 9.32. The van der Waals surface area contributed by atoms with Gasteiger partial charge in [-0.15, -0.1) is 0 Å². The minimum absolute atomic E-state index is 0.0334. The molecule has 1 aromatic carbocycles. The van der Waals surface area contributed by atoms with Crippen molar-refractivity contribution in [3.8, 4) is 0 Å². The van der Waals surface area contributed by atoms with Crippen molar-refractivity contribution in [1.82, 2.24) is 0 Å². The Morgan fingerprint density at radius 1 is 1.67 bits per heavy atom. The lowest BCUT2D eigenvalue weighted by Crippen LogP contribution is -2.13. The largest absolute Gasteiger partial charge is 0.396 e. The van der Waals surface area contributed by atoms with Crippen LogP contribution in [-0.4, -0.2) is 17.6 Å². The van der Waals surface area contributed by atoms with Crippen molar-refractivity contribution >= 4 is 33.4 Å². The van der Waals surface area contributed by atoms with Crippen LogP contribution in [0.3, 0.4) is 0 Å². The van der Waals surface area contributed by atoms with Crippen molar-refractivity contribution in [2.75, 3.05) is 6.61 Å². The SMILES string of the molecule is Cc1c(Cl)c(C(N)=O)cc(Br)c1CCO. The molecule has 0 aliphatic carbocycles. The minimum atomic E-state index is -0.556. The van der Waals surface area contributed by atoms with E-state index in [0.29, 0.717) is 17.0 Å². The monoisotopic (exact) mass is 291 g/mol. The van der Waals surface area contributed by atoms with E-state index in [-0.39, 0.29) is 6.61 Å². The van der Waals surface area contributed by atoms with Gasteiger partial charge in [0.1, 0.15) is 0 Å². The fraction of sp³-hybridized carbons (Fsp3) is 0.300. The van der Waals surface area contributed by atoms with Crippen LogP contribution in [0.5, 0.6) is 0 Å². The van der Waals surface area contributed by atoms with Crippen molar-refractivity contribution in [3.63, 3.8) is 0 Å². The zero-order valence-corrected chi connectivity index (χ0v) is 10.5. The van der Waals surface area contributed by atoms with Gasteiger partial charge in [0.25, 0.3) is 0 Å². The van der Waals surface area contributed by atoms with E-state index in [1.807, 2.05) is 0 Å². The number of hydrogen-bond donors (Lipinski definition) is 2. The van der Waals surface area contributed by atoms with E-state index in [1.54, 1.807) is 13.0 Å². The van der Waals surface area contributed by atoms with Crippen LogP contribution in [0.4, 0.5) is 0 Å². The maximum atomic E-state index is 11.1. The first-order chi connectivity index (χ1) is 6.99. The molecule has 0 saturated carbocycles. The summed E-state index contributed by atoms with van der Waals surface area (Å²) in [5, 5.41) is 9.24. The smallest absolute Gasteiger partial charge is 0.250 e. The van der Waals surface area contributed by atoms with Crippen LogP contribution < -0.4 is 5.73 Å². The third kappa shape index (κ3) is 2.51. The van der Waals surface area contributed by atoms with E-state index in [2.05, 4.69) is 15.9 Å². The van der Waals surface area contributed by atoms with Gasteiger partial charge in [-0.1, -0.05) is 27.5 Å². The molecule has 0 unspecified atom stereocenters. The second kappa shape index (κ2) is 4.96. The minimum Gasteiger partial charge on any atom is -0.396 e. The molecule has 0 aliphatic rings. The molecule has 1 rings (SSSR count). The lowest BCUT2D eigenvalue weighted by Gasteiger charge is -2.11. The Labute approximate surface area is 101 Å². The zero-order chi connectivity index (χ0) is 11.6. The van der Waals surface area contributed by atoms with Crippen LogP contribution >= 0.6 is 27.5 Å². The molecule has 82 valence electrons. The summed E-state index contributed by atoms with van der Waals surface area (Å²) in [6.07, 6.45) is 0.491. The number of halogens is 2. The van der Waals surface area contributed by atoms with Gasteiger partial charge in [-0.2, -0.15) is 0 Å². The molecular weight excluding hydrogens is 281 g/mol. The second-order valence-corrected chi connectivity index (χ2v) is 4.39. The van der Waals surface area contributed by atoms with Crippen molar-refractivity contribution < 1.29 is 9.90 Å². The van der Waals surface area contributed by atoms with Crippen LogP contribution in [-0.2, 0) is 6.42 Å². The number of primary amides is 1. The standard InChI is InChI=1S/C10H11BrClNO2/c1-5-6(2-3-14)8(11)4-7(9(5)12)10(13)15/h4,14H,2-3H2,1H3,(H2,13,15). The van der Waals surface area contributed by atoms with Crippen molar-refractivity contribution in [2.24, 2.45) is 5.73 Å². The molecule has 1 aromatic rings. The molecule has 5 heteroatoms. The first-order valence-electron chi connectivity index (χ1n) is 4.37. The first kappa shape index (κ1) is 12.5. The number of hydrogen-bond acceptors (Lipinski definition) is 2. The summed E-state index contributed by atoms with van der Waals surface area (Å²) in [6.45, 7) is 1.83. The van der Waals surface area contributed by atoms with Gasteiger partial charge in [0.2, 0.25) is 5.91 Å². The third-order valence-corrected chi connectivity index (χ3v) is 3.40. The average Bonchev–Trinajstić information content (AvgIpc) is 2.18. The quantitative estimate of drug-likeness (QED) is 0.895. The van der Waals surface area contributed by atoms with E-state index in [9.17, 15) is 4.79 Å². The van der Waals surface area contributed by atoms with Gasteiger partial charge in [0.05, 0.1) is 10.6 Å². The predicted molar refractivity (Wildman–Crippen MR) is 63.2 cm³/mol. The molecule has 0 aliphatic heterocycles. The van der Waals surface area contributed by atoms with Crippen LogP contribution in [0.25, 0.3) is 0 Å². The fourth-order valence-corrected chi connectivity index (χ4v) is 2.38. The Hall–Kier alpha value is -0.580. The molecule has 0 fully saturated rings. The van der Waals surface area contributed by atoms with Crippen LogP contribution in [0, 0.1) is 6.92 Å². The number of amides is 1. The van der Waals surface area contributed by atoms with E-state index >= 15 is 0 Å². The predicted octanol–water partition coefficient (Wildman–Crippen LogP) is 2.04. The molecule has 0 heterocycles. The molecule has 0 radical (unpaired) electrons. The number of aliphatic hydroxyl groups excluding tert-OH is 1. The van der Waals surface area contributed by atoms with Crippen molar-refractivity contribution in [2.45, 2.75) is 13.3 Å². The summed E-state index contributed by atoms with van der Waals surface area (Å²) in [5.41, 5.74) is 7.14. The summed E-state index contributed by atoms with van der Waals surface area (Å²) in [5.74, 6) is -0.556. The molecule has 0 atom stereocenters. The van der Waals surface area contributed by atoms with Crippen molar-refractivity contribution in [1.29, 1.82) is 0 Å². The molecule has 3 nitrogen and oxygen atoms in total. The summed E-state index contributed by atoms with van der Waals surface area (Å²) in [7, 11) is 0. The van der Waals surface area contributed by atoms with E-state index in [1.165, 1.54) is 0 Å². The van der Waals surface area contributed by atoms with Crippen molar-refractivity contribution in [3.05, 3.63) is 32.3 Å². The van der Waals surface area contributed by atoms with Gasteiger partial charge >= 0.3 is 0 Å². The molecule has 3 N–H and O–H groups in total. The van der Waals surface area contributed by atoms with E-state index in [0.717, 1.165) is 15.6 Å². The lowest BCUT2D eigenvalue weighted by atomic mass is 10.0. The Kier molecular flexibility index (Phi) is 4.13. The average molecular weight is 293 g/mol. The topological polar surface area (TPSA) is 63.3 Å². The Morgan fingerprint density at radius 2 is 2.27 bits per heavy atom. The highest BCUT2D eigenvalue weighted by Gasteiger charge is 2.15. The highest BCUT2D eigenvalue weighted by Crippen LogP contribution is 2.30. The summed E-state index contributed by atoms with van der Waals surface area (Å²) < 4.78 is 0.743. The highest BCUT2D eigenvalue weighted by atomic mass is 79.9. The Morgan fingerprint density at radius 3 is 2.73 bits per heavy atom. The third-order valence-electron chi connectivity index (χ3n) is 2.20. The molecule has 0 bridgehead atoms. The van der Waals surface area contributed by atoms with Gasteiger partial charge in [0, 0.05) is 11.1 Å². The number of benzene rings is 1. The van der Waals surface area contributed by atoms with Gasteiger partial charge in [-0.3, -0.25) is 4.79 Å². The number of aliphatic hydroxyl groups is 1. The molecule has 15 heavy (non-hydrogen) atoms. The number of nitrogens with two attached hydrogens (primary N) is 1. The fourth-order valence-electron chi connectivity index (χ4n) is 1.39. The molecule has 0 spiro atoms. The Balaban J connectivity index is 3.37. The molecule has 1 amide bonds. The van der Waals surface area contributed by atoms with Crippen LogP contribution in [0.15, 0.2) is 10.5 Å². The Bertz CT molecular complexity index is 407. The maximum absolute atomic E-state index is 11.1. The highest BCUT2D eigenvalue weighted by molar-refractivity contribution is 9.10. The van der Waals surface area contributed by atoms with Gasteiger partial charge in [-0.05, 0) is 30.5 Å². The lowest BCUT2D eigenvalue weighted by molar-refractivity contribution is 0.100. The number of carbonyl (C=O) groups is 1. The number of carbonyl (C=O) groups excluding carboxylic acids is 1. The number of rotatable bonds is 3. The van der Waals surface area contributed by atoms with Gasteiger partial charge < -0.3 is 10.8 Å². The normalized spacial score (nSPS) is 10.4. The molecule has 0 aromatic heterocycles. The summed E-state index contributed by atoms with van der Waals surface area (Å²) in [4.78, 5) is 11.1. The first-order valence-corrected chi connectivity index (χ1v) is 5.54. The van der Waals surface area contributed by atoms with Crippen LogP contribution in [0.1, 0.15) is 21.5 Å². The van der Waals surface area contributed by atoms with Gasteiger partial charge in [0.15, 0.2) is 0 Å². The van der Waals surface area contributed by atoms with E-state index in [4.69, 9.17) is 22.4 Å². The zero-order valence-electron chi connectivity index (χ0n) is 8.18. The van der Waals surface area contributed by atoms with Gasteiger partial charge in [-0.25, -0.2) is 0 Å². The molecule has 0 saturated heterocycles. The molecular formula is C10H11BrClNO2. The van der Waals surface area contributed by atoms with Crippen LogP contribution in [0.2, 0.25) is 5.02 Å². The summed E-state index contributed by atoms with van der Waals surface area (Å²) in [6, 6.07) is 1.59.